The molecule has 1 aliphatic heterocycles. The predicted octanol–water partition coefficient (Wildman–Crippen LogP) is 4.13. The van der Waals surface area contributed by atoms with Gasteiger partial charge >= 0.3 is 6.18 Å². The first kappa shape index (κ1) is 16.5. The molecule has 1 aliphatic rings. The van der Waals surface area contributed by atoms with Gasteiger partial charge in [-0.15, -0.1) is 0 Å². The van der Waals surface area contributed by atoms with Crippen LogP contribution < -0.4 is 5.32 Å². The molecule has 3 nitrogen and oxygen atoms in total. The lowest BCUT2D eigenvalue weighted by Gasteiger charge is -2.14. The van der Waals surface area contributed by atoms with Gasteiger partial charge in [0.25, 0.3) is 0 Å². The Morgan fingerprint density at radius 1 is 1.48 bits per heavy atom. The Balaban J connectivity index is 2.03. The number of thioether (sulfide) groups is 2. The maximum Gasteiger partial charge on any atom is 0.418 e. The van der Waals surface area contributed by atoms with Crippen molar-refractivity contribution in [1.29, 1.82) is 0 Å². The minimum atomic E-state index is -4.58. The molecule has 0 saturated carbocycles. The first-order valence-electron chi connectivity index (χ1n) is 5.83. The molecule has 1 aromatic rings. The van der Waals surface area contributed by atoms with E-state index in [1.165, 1.54) is 29.6 Å². The second-order valence-electron chi connectivity index (χ2n) is 4.02. The summed E-state index contributed by atoms with van der Waals surface area (Å²) in [6, 6.07) is 3.24. The number of benzene rings is 1. The highest BCUT2D eigenvalue weighted by atomic mass is 35.5. The van der Waals surface area contributed by atoms with Crippen LogP contribution in [0, 0.1) is 0 Å². The highest BCUT2D eigenvalue weighted by Crippen LogP contribution is 2.36. The average molecular weight is 355 g/mol. The van der Waals surface area contributed by atoms with Gasteiger partial charge in [-0.25, -0.2) is 0 Å². The molecule has 0 radical (unpaired) electrons. The third-order valence-electron chi connectivity index (χ3n) is 2.45. The number of aliphatic imine (C=N–C) groups is 1. The van der Waals surface area contributed by atoms with E-state index in [4.69, 9.17) is 11.6 Å². The lowest BCUT2D eigenvalue weighted by molar-refractivity contribution is -0.137. The molecule has 0 atom stereocenters. The number of hydrogen-bond donors (Lipinski definition) is 1. The van der Waals surface area contributed by atoms with Gasteiger partial charge in [0.1, 0.15) is 4.38 Å². The molecule has 0 unspecified atom stereocenters. The summed E-state index contributed by atoms with van der Waals surface area (Å²) in [5, 5.41) is 2.23. The second kappa shape index (κ2) is 6.93. The van der Waals surface area contributed by atoms with Crippen LogP contribution >= 0.6 is 35.1 Å². The third kappa shape index (κ3) is 4.82. The summed E-state index contributed by atoms with van der Waals surface area (Å²) in [4.78, 5) is 15.9. The van der Waals surface area contributed by atoms with Gasteiger partial charge < -0.3 is 5.32 Å². The summed E-state index contributed by atoms with van der Waals surface area (Å²) in [6.45, 7) is 0.712. The van der Waals surface area contributed by atoms with Crippen LogP contribution in [0.1, 0.15) is 5.56 Å². The monoisotopic (exact) mass is 354 g/mol. The van der Waals surface area contributed by atoms with Crippen LogP contribution in [0.2, 0.25) is 5.02 Å². The third-order valence-corrected chi connectivity index (χ3v) is 4.93. The van der Waals surface area contributed by atoms with Gasteiger partial charge in [0.05, 0.1) is 23.5 Å². The molecule has 1 amide bonds. The van der Waals surface area contributed by atoms with Crippen molar-refractivity contribution in [3.63, 3.8) is 0 Å². The molecule has 1 N–H and O–H groups in total. The topological polar surface area (TPSA) is 41.5 Å². The van der Waals surface area contributed by atoms with Crippen molar-refractivity contribution in [1.82, 2.24) is 0 Å². The smallest absolute Gasteiger partial charge is 0.325 e. The van der Waals surface area contributed by atoms with Gasteiger partial charge in [-0.05, 0) is 18.2 Å². The number of alkyl halides is 3. The Morgan fingerprint density at radius 2 is 2.24 bits per heavy atom. The number of rotatable bonds is 3. The first-order valence-corrected chi connectivity index (χ1v) is 8.18. The number of halogens is 4. The van der Waals surface area contributed by atoms with E-state index in [1.54, 1.807) is 0 Å². The molecular weight excluding hydrogens is 345 g/mol. The number of carbonyl (C=O) groups is 1. The zero-order valence-electron chi connectivity index (χ0n) is 10.5. The Kier molecular flexibility index (Phi) is 5.45. The average Bonchev–Trinajstić information content (AvgIpc) is 2.90. The van der Waals surface area contributed by atoms with E-state index in [1.807, 2.05) is 0 Å². The van der Waals surface area contributed by atoms with Crippen LogP contribution in [0.5, 0.6) is 0 Å². The quantitative estimate of drug-likeness (QED) is 0.887. The SMILES string of the molecule is O=C(CSC1=NCCS1)Nc1ccc(Cl)cc1C(F)(F)F. The number of carbonyl (C=O) groups excluding carboxylic acids is 1. The summed E-state index contributed by atoms with van der Waals surface area (Å²) in [5.41, 5.74) is -1.25. The Hall–Kier alpha value is -0.860. The standard InChI is InChI=1S/C12H10ClF3N2OS2/c13-7-1-2-9(8(5-7)12(14,15)16)18-10(19)6-21-11-17-3-4-20-11/h1-2,5H,3-4,6H2,(H,18,19). The Labute approximate surface area is 132 Å². The van der Waals surface area contributed by atoms with E-state index in [-0.39, 0.29) is 16.5 Å². The largest absolute Gasteiger partial charge is 0.418 e. The zero-order chi connectivity index (χ0) is 15.5. The summed E-state index contributed by atoms with van der Waals surface area (Å²) in [6.07, 6.45) is -4.58. The van der Waals surface area contributed by atoms with Gasteiger partial charge in [-0.1, -0.05) is 35.1 Å². The molecule has 21 heavy (non-hydrogen) atoms. The van der Waals surface area contributed by atoms with Gasteiger partial charge in [-0.3, -0.25) is 9.79 Å². The van der Waals surface area contributed by atoms with Crippen LogP contribution in [-0.4, -0.2) is 28.3 Å². The van der Waals surface area contributed by atoms with Crippen LogP contribution in [0.4, 0.5) is 18.9 Å². The fraction of sp³-hybridized carbons (Fsp3) is 0.333. The van der Waals surface area contributed by atoms with Gasteiger partial charge in [0.15, 0.2) is 0 Å². The minimum absolute atomic E-state index is 0.0196. The van der Waals surface area contributed by atoms with E-state index in [0.29, 0.717) is 6.54 Å². The molecule has 114 valence electrons. The highest BCUT2D eigenvalue weighted by molar-refractivity contribution is 8.39. The fourth-order valence-corrected chi connectivity index (χ4v) is 3.56. The number of amides is 1. The maximum atomic E-state index is 12.9. The summed E-state index contributed by atoms with van der Waals surface area (Å²) in [5.74, 6) is 0.383. The van der Waals surface area contributed by atoms with Gasteiger partial charge in [0.2, 0.25) is 5.91 Å². The van der Waals surface area contributed by atoms with Crippen molar-refractivity contribution in [2.24, 2.45) is 4.99 Å². The molecule has 0 spiro atoms. The van der Waals surface area contributed by atoms with Crippen molar-refractivity contribution in [3.8, 4) is 0 Å². The normalized spacial score (nSPS) is 15.0. The molecule has 0 fully saturated rings. The second-order valence-corrected chi connectivity index (χ2v) is 6.76. The van der Waals surface area contributed by atoms with Crippen LogP contribution in [0.3, 0.4) is 0 Å². The summed E-state index contributed by atoms with van der Waals surface area (Å²) in [7, 11) is 0. The van der Waals surface area contributed by atoms with Crippen molar-refractivity contribution >= 4 is 51.1 Å². The molecule has 1 aromatic carbocycles. The zero-order valence-corrected chi connectivity index (χ0v) is 12.9. The molecule has 2 rings (SSSR count). The van der Waals surface area contributed by atoms with Crippen LogP contribution in [0.15, 0.2) is 23.2 Å². The maximum absolute atomic E-state index is 12.9. The summed E-state index contributed by atoms with van der Waals surface area (Å²) < 4.78 is 39.4. The van der Waals surface area contributed by atoms with E-state index >= 15 is 0 Å². The van der Waals surface area contributed by atoms with Gasteiger partial charge in [0, 0.05) is 10.8 Å². The van der Waals surface area contributed by atoms with E-state index in [2.05, 4.69) is 10.3 Å². The van der Waals surface area contributed by atoms with E-state index < -0.39 is 17.6 Å². The van der Waals surface area contributed by atoms with Crippen LogP contribution in [-0.2, 0) is 11.0 Å². The molecular formula is C12H10ClF3N2OS2. The minimum Gasteiger partial charge on any atom is -0.325 e. The number of nitrogens with one attached hydrogen (secondary N) is 1. The highest BCUT2D eigenvalue weighted by Gasteiger charge is 2.34. The molecule has 1 heterocycles. The van der Waals surface area contributed by atoms with E-state index in [0.717, 1.165) is 22.3 Å². The number of hydrogen-bond acceptors (Lipinski definition) is 4. The molecule has 0 aliphatic carbocycles. The molecule has 0 saturated heterocycles. The van der Waals surface area contributed by atoms with Crippen molar-refractivity contribution in [3.05, 3.63) is 28.8 Å². The molecule has 0 aromatic heterocycles. The van der Waals surface area contributed by atoms with Crippen molar-refractivity contribution < 1.29 is 18.0 Å². The predicted molar refractivity (Wildman–Crippen MR) is 82.3 cm³/mol. The Bertz CT molecular complexity index is 578. The number of anilines is 1. The van der Waals surface area contributed by atoms with Crippen molar-refractivity contribution in [2.45, 2.75) is 6.18 Å². The lowest BCUT2D eigenvalue weighted by atomic mass is 10.1. The molecule has 0 bridgehead atoms. The first-order chi connectivity index (χ1) is 9.86. The fourth-order valence-electron chi connectivity index (χ4n) is 1.58. The molecule has 9 heteroatoms. The van der Waals surface area contributed by atoms with Crippen LogP contribution in [0.25, 0.3) is 0 Å². The lowest BCUT2D eigenvalue weighted by Crippen LogP contribution is -2.18. The number of nitrogens with zero attached hydrogens (tertiary/aromatic N) is 1. The summed E-state index contributed by atoms with van der Waals surface area (Å²) >= 11 is 8.33. The van der Waals surface area contributed by atoms with Crippen molar-refractivity contribution in [2.75, 3.05) is 23.4 Å². The van der Waals surface area contributed by atoms with E-state index in [9.17, 15) is 18.0 Å². The Morgan fingerprint density at radius 3 is 2.86 bits per heavy atom. The van der Waals surface area contributed by atoms with Gasteiger partial charge in [-0.2, -0.15) is 13.2 Å².